The largest absolute Gasteiger partial charge is 0.0622 e. The molecule has 0 aliphatic heterocycles. The zero-order valence-electron chi connectivity index (χ0n) is 24.2. The first-order valence-electron chi connectivity index (χ1n) is 15.3. The Morgan fingerprint density at radius 1 is 0.205 bits per heavy atom. The van der Waals surface area contributed by atoms with Gasteiger partial charge >= 0.3 is 0 Å². The van der Waals surface area contributed by atoms with Gasteiger partial charge in [0, 0.05) is 0 Å². The molecular formula is C44H28. The van der Waals surface area contributed by atoms with E-state index in [-0.39, 0.29) is 0 Å². The molecule has 0 heteroatoms. The van der Waals surface area contributed by atoms with E-state index in [9.17, 15) is 0 Å². The predicted molar refractivity (Wildman–Crippen MR) is 190 cm³/mol. The average molecular weight is 557 g/mol. The minimum Gasteiger partial charge on any atom is -0.0622 e. The maximum Gasteiger partial charge on any atom is -0.00199 e. The van der Waals surface area contributed by atoms with Crippen LogP contribution in [-0.4, -0.2) is 0 Å². The Morgan fingerprint density at radius 3 is 1.34 bits per heavy atom. The highest BCUT2D eigenvalue weighted by Gasteiger charge is 2.21. The first kappa shape index (κ1) is 24.8. The van der Waals surface area contributed by atoms with E-state index in [1.54, 1.807) is 0 Å². The van der Waals surface area contributed by atoms with Gasteiger partial charge in [0.05, 0.1) is 0 Å². The van der Waals surface area contributed by atoms with Crippen molar-refractivity contribution in [3.8, 4) is 33.4 Å². The molecule has 0 N–H and O–H groups in total. The van der Waals surface area contributed by atoms with Crippen LogP contribution in [0.15, 0.2) is 170 Å². The van der Waals surface area contributed by atoms with Crippen LogP contribution in [0, 0.1) is 0 Å². The van der Waals surface area contributed by atoms with Crippen molar-refractivity contribution in [2.75, 3.05) is 0 Å². The zero-order valence-corrected chi connectivity index (χ0v) is 24.2. The Balaban J connectivity index is 1.44. The molecule has 0 bridgehead atoms. The third-order valence-corrected chi connectivity index (χ3v) is 9.25. The standard InChI is InChI=1S/C44H28/c1-2-15-31(16-3-1)42-33-18-7-5-14-30(33)26-28-41(42)44-39-21-10-8-19-37(39)43(38-20-9-11-22-40(38)44)36-24-12-23-34-32-17-6-4-13-29(32)25-27-35(34)36/h1-28H. The molecule has 9 aromatic carbocycles. The van der Waals surface area contributed by atoms with E-state index >= 15 is 0 Å². The molecule has 44 heavy (non-hydrogen) atoms. The molecule has 0 unspecified atom stereocenters. The smallest absolute Gasteiger partial charge is 0.00199 e. The van der Waals surface area contributed by atoms with Gasteiger partial charge in [-0.2, -0.15) is 0 Å². The number of hydrogen-bond donors (Lipinski definition) is 0. The Morgan fingerprint density at radius 2 is 0.682 bits per heavy atom. The summed E-state index contributed by atoms with van der Waals surface area (Å²) in [7, 11) is 0. The molecule has 0 fully saturated rings. The third kappa shape index (κ3) is 3.71. The first-order valence-corrected chi connectivity index (χ1v) is 15.3. The Bertz CT molecular complexity index is 2480. The maximum absolute atomic E-state index is 2.34. The van der Waals surface area contributed by atoms with Gasteiger partial charge < -0.3 is 0 Å². The summed E-state index contributed by atoms with van der Waals surface area (Å²) in [6.45, 7) is 0. The third-order valence-electron chi connectivity index (χ3n) is 9.25. The van der Waals surface area contributed by atoms with Gasteiger partial charge in [0.1, 0.15) is 0 Å². The molecule has 0 heterocycles. The molecule has 0 nitrogen and oxygen atoms in total. The Kier molecular flexibility index (Phi) is 5.61. The molecule has 0 aliphatic rings. The summed E-state index contributed by atoms with van der Waals surface area (Å²) in [6.07, 6.45) is 0. The van der Waals surface area contributed by atoms with Crippen molar-refractivity contribution in [2.45, 2.75) is 0 Å². The fraction of sp³-hybridized carbons (Fsp3) is 0. The summed E-state index contributed by atoms with van der Waals surface area (Å²) in [5.41, 5.74) is 7.63. The predicted octanol–water partition coefficient (Wildman–Crippen LogP) is 12.5. The number of rotatable bonds is 3. The molecule has 0 saturated carbocycles. The van der Waals surface area contributed by atoms with Crippen molar-refractivity contribution in [2.24, 2.45) is 0 Å². The van der Waals surface area contributed by atoms with Crippen molar-refractivity contribution in [1.82, 2.24) is 0 Å². The fourth-order valence-electron chi connectivity index (χ4n) is 7.36. The molecule has 0 radical (unpaired) electrons. The lowest BCUT2D eigenvalue weighted by molar-refractivity contribution is 1.64. The van der Waals surface area contributed by atoms with Crippen molar-refractivity contribution in [3.05, 3.63) is 170 Å². The molecule has 0 aliphatic carbocycles. The van der Waals surface area contributed by atoms with Crippen molar-refractivity contribution < 1.29 is 0 Å². The highest BCUT2D eigenvalue weighted by atomic mass is 14.2. The van der Waals surface area contributed by atoms with Gasteiger partial charge in [0.15, 0.2) is 0 Å². The summed E-state index contributed by atoms with van der Waals surface area (Å²) in [6, 6.07) is 62.3. The maximum atomic E-state index is 2.34. The van der Waals surface area contributed by atoms with E-state index < -0.39 is 0 Å². The van der Waals surface area contributed by atoms with Crippen LogP contribution >= 0.6 is 0 Å². The second kappa shape index (κ2) is 9.93. The van der Waals surface area contributed by atoms with Gasteiger partial charge in [-0.15, -0.1) is 0 Å². The molecular weight excluding hydrogens is 528 g/mol. The number of hydrogen-bond acceptors (Lipinski definition) is 0. The minimum atomic E-state index is 1.23. The normalized spacial score (nSPS) is 11.6. The van der Waals surface area contributed by atoms with Gasteiger partial charge in [-0.3, -0.25) is 0 Å². The molecule has 0 atom stereocenters. The zero-order chi connectivity index (χ0) is 29.0. The molecule has 0 spiro atoms. The summed E-state index contributed by atoms with van der Waals surface area (Å²) in [4.78, 5) is 0. The highest BCUT2D eigenvalue weighted by Crippen LogP contribution is 2.48. The van der Waals surface area contributed by atoms with Gasteiger partial charge in [0.25, 0.3) is 0 Å². The first-order chi connectivity index (χ1) is 21.9. The SMILES string of the molecule is c1ccc(-c2c(-c3c4ccccc4c(-c4cccc5c4ccc4ccccc45)c4ccccc34)ccc3ccccc23)cc1. The number of fused-ring (bicyclic) bond motifs is 6. The van der Waals surface area contributed by atoms with E-state index in [0.717, 1.165) is 0 Å². The van der Waals surface area contributed by atoms with Gasteiger partial charge in [0.2, 0.25) is 0 Å². The van der Waals surface area contributed by atoms with E-state index in [2.05, 4.69) is 170 Å². The van der Waals surface area contributed by atoms with Crippen LogP contribution < -0.4 is 0 Å². The average Bonchev–Trinajstić information content (AvgIpc) is 3.10. The summed E-state index contributed by atoms with van der Waals surface area (Å²) in [5, 5.41) is 12.7. The topological polar surface area (TPSA) is 0 Å². The van der Waals surface area contributed by atoms with E-state index in [0.29, 0.717) is 0 Å². The van der Waals surface area contributed by atoms with Gasteiger partial charge in [-0.1, -0.05) is 170 Å². The van der Waals surface area contributed by atoms with E-state index in [4.69, 9.17) is 0 Å². The van der Waals surface area contributed by atoms with Crippen molar-refractivity contribution >= 4 is 53.9 Å². The molecule has 0 amide bonds. The van der Waals surface area contributed by atoms with Crippen molar-refractivity contribution in [3.63, 3.8) is 0 Å². The number of benzene rings is 9. The van der Waals surface area contributed by atoms with Crippen LogP contribution in [0.4, 0.5) is 0 Å². The Hall–Kier alpha value is -5.72. The van der Waals surface area contributed by atoms with Crippen LogP contribution in [0.2, 0.25) is 0 Å². The van der Waals surface area contributed by atoms with Crippen LogP contribution in [0.1, 0.15) is 0 Å². The fourth-order valence-corrected chi connectivity index (χ4v) is 7.36. The summed E-state index contributed by atoms with van der Waals surface area (Å²) < 4.78 is 0. The molecule has 9 rings (SSSR count). The highest BCUT2D eigenvalue weighted by molar-refractivity contribution is 6.26. The quantitative estimate of drug-likeness (QED) is 0.150. The lowest BCUT2D eigenvalue weighted by atomic mass is 9.81. The molecule has 204 valence electrons. The van der Waals surface area contributed by atoms with Crippen LogP contribution in [0.3, 0.4) is 0 Å². The molecule has 0 saturated heterocycles. The van der Waals surface area contributed by atoms with Gasteiger partial charge in [-0.25, -0.2) is 0 Å². The van der Waals surface area contributed by atoms with E-state index in [1.807, 2.05) is 0 Å². The van der Waals surface area contributed by atoms with Crippen molar-refractivity contribution in [1.29, 1.82) is 0 Å². The lowest BCUT2D eigenvalue weighted by Gasteiger charge is -2.21. The summed E-state index contributed by atoms with van der Waals surface area (Å²) >= 11 is 0. The lowest BCUT2D eigenvalue weighted by Crippen LogP contribution is -1.94. The monoisotopic (exact) mass is 556 g/mol. The molecule has 0 aromatic heterocycles. The Labute approximate surface area is 256 Å². The van der Waals surface area contributed by atoms with E-state index in [1.165, 1.54) is 87.2 Å². The molecule has 9 aromatic rings. The minimum absolute atomic E-state index is 1.23. The second-order valence-electron chi connectivity index (χ2n) is 11.6. The summed E-state index contributed by atoms with van der Waals surface area (Å²) in [5.74, 6) is 0. The van der Waals surface area contributed by atoms with Crippen LogP contribution in [-0.2, 0) is 0 Å². The van der Waals surface area contributed by atoms with Crippen LogP contribution in [0.25, 0.3) is 87.2 Å². The van der Waals surface area contributed by atoms with Gasteiger partial charge in [-0.05, 0) is 87.2 Å². The van der Waals surface area contributed by atoms with Crippen LogP contribution in [0.5, 0.6) is 0 Å². The second-order valence-corrected chi connectivity index (χ2v) is 11.6.